The first-order valence-corrected chi connectivity index (χ1v) is 8.45. The van der Waals surface area contributed by atoms with Crippen molar-refractivity contribution in [3.8, 4) is 0 Å². The van der Waals surface area contributed by atoms with Gasteiger partial charge in [-0.25, -0.2) is 0 Å². The van der Waals surface area contributed by atoms with Gasteiger partial charge in [0.2, 0.25) is 11.8 Å². The van der Waals surface area contributed by atoms with Crippen molar-refractivity contribution in [2.45, 2.75) is 27.7 Å². The molecule has 1 fully saturated rings. The molecule has 0 saturated carbocycles. The number of carbonyl (C=O) groups excluding carboxylic acids is 2. The van der Waals surface area contributed by atoms with Crippen molar-refractivity contribution in [1.82, 2.24) is 20.0 Å². The first kappa shape index (κ1) is 18.9. The molecule has 0 bridgehead atoms. The van der Waals surface area contributed by atoms with Gasteiger partial charge in [0, 0.05) is 45.8 Å². The number of amides is 2. The maximum absolute atomic E-state index is 12.1. The molecule has 1 aliphatic heterocycles. The topological polar surface area (TPSA) is 55.9 Å². The van der Waals surface area contributed by atoms with Crippen LogP contribution in [-0.4, -0.2) is 85.4 Å². The van der Waals surface area contributed by atoms with Crippen LogP contribution in [0.4, 0.5) is 0 Å². The molecule has 128 valence electrons. The van der Waals surface area contributed by atoms with Crippen molar-refractivity contribution in [2.75, 3.05) is 58.9 Å². The summed E-state index contributed by atoms with van der Waals surface area (Å²) in [7, 11) is 0. The Balaban J connectivity index is 2.25. The fourth-order valence-corrected chi connectivity index (χ4v) is 2.55. The van der Waals surface area contributed by atoms with E-state index in [9.17, 15) is 9.59 Å². The van der Waals surface area contributed by atoms with E-state index in [1.54, 1.807) is 0 Å². The third kappa shape index (κ3) is 6.75. The quantitative estimate of drug-likeness (QED) is 0.698. The minimum absolute atomic E-state index is 0.0985. The van der Waals surface area contributed by atoms with Gasteiger partial charge in [-0.15, -0.1) is 0 Å². The van der Waals surface area contributed by atoms with Crippen LogP contribution in [-0.2, 0) is 9.59 Å². The van der Waals surface area contributed by atoms with Crippen molar-refractivity contribution in [3.05, 3.63) is 0 Å². The number of piperazine rings is 1. The number of nitrogens with zero attached hydrogens (tertiary/aromatic N) is 3. The second-order valence-corrected chi connectivity index (χ2v) is 6.32. The summed E-state index contributed by atoms with van der Waals surface area (Å²) in [5.41, 5.74) is 0. The highest BCUT2D eigenvalue weighted by molar-refractivity contribution is 5.78. The van der Waals surface area contributed by atoms with E-state index < -0.39 is 0 Å². The molecule has 1 heterocycles. The summed E-state index contributed by atoms with van der Waals surface area (Å²) in [5.74, 6) is 0.779. The van der Waals surface area contributed by atoms with E-state index in [0.29, 0.717) is 19.0 Å². The zero-order valence-electron chi connectivity index (χ0n) is 14.6. The van der Waals surface area contributed by atoms with Gasteiger partial charge in [0.15, 0.2) is 0 Å². The molecule has 0 radical (unpaired) electrons. The van der Waals surface area contributed by atoms with Crippen LogP contribution in [0, 0.1) is 5.92 Å². The molecule has 0 unspecified atom stereocenters. The van der Waals surface area contributed by atoms with E-state index in [4.69, 9.17) is 0 Å². The zero-order chi connectivity index (χ0) is 16.5. The normalized spacial score (nSPS) is 16.8. The summed E-state index contributed by atoms with van der Waals surface area (Å²) in [6, 6.07) is 0. The van der Waals surface area contributed by atoms with Crippen LogP contribution in [0.2, 0.25) is 0 Å². The Bertz CT molecular complexity index is 348. The Hall–Kier alpha value is -1.14. The number of hydrogen-bond acceptors (Lipinski definition) is 4. The Kier molecular flexibility index (Phi) is 8.42. The summed E-state index contributed by atoms with van der Waals surface area (Å²) < 4.78 is 0. The fourth-order valence-electron chi connectivity index (χ4n) is 2.55. The number of rotatable bonds is 8. The van der Waals surface area contributed by atoms with Crippen LogP contribution in [0.15, 0.2) is 0 Å². The average Bonchev–Trinajstić information content (AvgIpc) is 2.48. The smallest absolute Gasteiger partial charge is 0.236 e. The van der Waals surface area contributed by atoms with E-state index in [-0.39, 0.29) is 11.8 Å². The Labute approximate surface area is 134 Å². The first-order chi connectivity index (χ1) is 10.5. The third-order valence-corrected chi connectivity index (χ3v) is 4.01. The molecule has 6 heteroatoms. The molecule has 0 spiro atoms. The zero-order valence-corrected chi connectivity index (χ0v) is 14.6. The minimum atomic E-state index is 0.0985. The highest BCUT2D eigenvalue weighted by Crippen LogP contribution is 2.03. The predicted octanol–water partition coefficient (Wildman–Crippen LogP) is 0.245. The molecule has 0 atom stereocenters. The highest BCUT2D eigenvalue weighted by Gasteiger charge is 2.21. The largest absolute Gasteiger partial charge is 0.355 e. The van der Waals surface area contributed by atoms with Crippen molar-refractivity contribution >= 4 is 11.8 Å². The molecule has 2 amide bonds. The van der Waals surface area contributed by atoms with Crippen molar-refractivity contribution < 1.29 is 9.59 Å². The summed E-state index contributed by atoms with van der Waals surface area (Å²) in [6.45, 7) is 14.8. The maximum atomic E-state index is 12.1. The van der Waals surface area contributed by atoms with Crippen LogP contribution >= 0.6 is 0 Å². The summed E-state index contributed by atoms with van der Waals surface area (Å²) in [5, 5.41) is 2.95. The van der Waals surface area contributed by atoms with Gasteiger partial charge in [0.05, 0.1) is 13.1 Å². The Morgan fingerprint density at radius 2 is 1.50 bits per heavy atom. The van der Waals surface area contributed by atoms with Gasteiger partial charge in [-0.3, -0.25) is 19.4 Å². The summed E-state index contributed by atoms with van der Waals surface area (Å²) >= 11 is 0. The molecule has 1 N–H and O–H groups in total. The van der Waals surface area contributed by atoms with Crippen LogP contribution in [0.1, 0.15) is 27.7 Å². The molecule has 0 aliphatic carbocycles. The van der Waals surface area contributed by atoms with E-state index in [0.717, 1.165) is 45.8 Å². The number of carbonyl (C=O) groups is 2. The lowest BCUT2D eigenvalue weighted by Gasteiger charge is -2.34. The Morgan fingerprint density at radius 3 is 1.95 bits per heavy atom. The lowest BCUT2D eigenvalue weighted by molar-refractivity contribution is -0.133. The number of hydrogen-bond donors (Lipinski definition) is 1. The third-order valence-electron chi connectivity index (χ3n) is 4.01. The molecule has 1 aliphatic rings. The molecule has 1 saturated heterocycles. The molecular weight excluding hydrogens is 280 g/mol. The second-order valence-electron chi connectivity index (χ2n) is 6.32. The SMILES string of the molecule is CCN(CC)C(=O)CN1CCN(CC(=O)NCC(C)C)CC1. The Morgan fingerprint density at radius 1 is 1.00 bits per heavy atom. The van der Waals surface area contributed by atoms with E-state index in [1.165, 1.54) is 0 Å². The van der Waals surface area contributed by atoms with Gasteiger partial charge in [-0.1, -0.05) is 13.8 Å². The van der Waals surface area contributed by atoms with Crippen molar-refractivity contribution in [2.24, 2.45) is 5.92 Å². The van der Waals surface area contributed by atoms with Crippen LogP contribution in [0.3, 0.4) is 0 Å². The summed E-state index contributed by atoms with van der Waals surface area (Å²) in [6.07, 6.45) is 0. The van der Waals surface area contributed by atoms with E-state index in [1.807, 2.05) is 18.7 Å². The molecule has 6 nitrogen and oxygen atoms in total. The molecule has 0 aromatic heterocycles. The average molecular weight is 312 g/mol. The lowest BCUT2D eigenvalue weighted by Crippen LogP contribution is -2.52. The maximum Gasteiger partial charge on any atom is 0.236 e. The fraction of sp³-hybridized carbons (Fsp3) is 0.875. The van der Waals surface area contributed by atoms with Gasteiger partial charge in [-0.05, 0) is 19.8 Å². The van der Waals surface area contributed by atoms with Gasteiger partial charge < -0.3 is 10.2 Å². The minimum Gasteiger partial charge on any atom is -0.355 e. The second kappa shape index (κ2) is 9.79. The predicted molar refractivity (Wildman–Crippen MR) is 88.7 cm³/mol. The summed E-state index contributed by atoms with van der Waals surface area (Å²) in [4.78, 5) is 30.1. The molecule has 0 aromatic carbocycles. The molecule has 22 heavy (non-hydrogen) atoms. The number of nitrogens with one attached hydrogen (secondary N) is 1. The van der Waals surface area contributed by atoms with Crippen LogP contribution in [0.25, 0.3) is 0 Å². The molecule has 1 rings (SSSR count). The van der Waals surface area contributed by atoms with E-state index in [2.05, 4.69) is 29.0 Å². The monoisotopic (exact) mass is 312 g/mol. The van der Waals surface area contributed by atoms with Gasteiger partial charge in [-0.2, -0.15) is 0 Å². The van der Waals surface area contributed by atoms with Gasteiger partial charge >= 0.3 is 0 Å². The van der Waals surface area contributed by atoms with Crippen molar-refractivity contribution in [1.29, 1.82) is 0 Å². The van der Waals surface area contributed by atoms with Gasteiger partial charge in [0.1, 0.15) is 0 Å². The van der Waals surface area contributed by atoms with E-state index >= 15 is 0 Å². The highest BCUT2D eigenvalue weighted by atomic mass is 16.2. The molecular formula is C16H32N4O2. The number of likely N-dealkylation sites (N-methyl/N-ethyl adjacent to an activating group) is 1. The van der Waals surface area contributed by atoms with Crippen molar-refractivity contribution in [3.63, 3.8) is 0 Å². The first-order valence-electron chi connectivity index (χ1n) is 8.45. The van der Waals surface area contributed by atoms with Gasteiger partial charge in [0.25, 0.3) is 0 Å². The van der Waals surface area contributed by atoms with Crippen LogP contribution < -0.4 is 5.32 Å². The van der Waals surface area contributed by atoms with Crippen LogP contribution in [0.5, 0.6) is 0 Å². The lowest BCUT2D eigenvalue weighted by atomic mass is 10.2. The molecule has 0 aromatic rings. The standard InChI is InChI=1S/C16H32N4O2/c1-5-20(6-2)16(22)13-19-9-7-18(8-10-19)12-15(21)17-11-14(3)4/h14H,5-13H2,1-4H3,(H,17,21).